The van der Waals surface area contributed by atoms with Crippen molar-refractivity contribution in [3.8, 4) is 5.69 Å². The number of anilines is 1. The maximum Gasteiger partial charge on any atom is 0.416 e. The number of carbonyl (C=O) groups excluding carboxylic acids is 3. The van der Waals surface area contributed by atoms with E-state index in [9.17, 15) is 31.9 Å². The molecule has 0 spiro atoms. The Balaban J connectivity index is 1.68. The molecule has 2 amide bonds. The van der Waals surface area contributed by atoms with Crippen molar-refractivity contribution in [2.24, 2.45) is 11.8 Å². The van der Waals surface area contributed by atoms with Gasteiger partial charge in [0, 0.05) is 36.4 Å². The molecule has 1 aromatic heterocycles. The van der Waals surface area contributed by atoms with E-state index in [0.29, 0.717) is 28.3 Å². The summed E-state index contributed by atoms with van der Waals surface area (Å²) in [6.07, 6.45) is -4.77. The minimum absolute atomic E-state index is 0.0193. The fourth-order valence-corrected chi connectivity index (χ4v) is 5.96. The highest BCUT2D eigenvalue weighted by atomic mass is 19.4. The van der Waals surface area contributed by atoms with Gasteiger partial charge in [-0.05, 0) is 54.8 Å². The molecule has 1 aliphatic heterocycles. The van der Waals surface area contributed by atoms with E-state index in [-0.39, 0.29) is 36.9 Å². The third-order valence-corrected chi connectivity index (χ3v) is 8.04. The molecule has 0 saturated heterocycles. The van der Waals surface area contributed by atoms with Gasteiger partial charge in [-0.1, -0.05) is 56.3 Å². The fraction of sp³-hybridized carbons (Fsp3) is 0.314. The van der Waals surface area contributed by atoms with E-state index < -0.39 is 47.5 Å². The minimum Gasteiger partial charge on any atom is -0.350 e. The van der Waals surface area contributed by atoms with Gasteiger partial charge in [0.25, 0.3) is 0 Å². The number of para-hydroxylation sites is 1. The number of Topliss-reactive ketones (excluding diaryl/α,β-unsaturated/α-hetero) is 1. The molecule has 1 aliphatic rings. The summed E-state index contributed by atoms with van der Waals surface area (Å²) >= 11 is 0. The molecule has 0 fully saturated rings. The predicted octanol–water partition coefficient (Wildman–Crippen LogP) is 7.08. The average Bonchev–Trinajstić information content (AvgIpc) is 3.39. The number of rotatable bonds is 10. The quantitative estimate of drug-likeness (QED) is 0.149. The summed E-state index contributed by atoms with van der Waals surface area (Å²) in [4.78, 5) is 42.2. The molecule has 0 unspecified atom stereocenters. The summed E-state index contributed by atoms with van der Waals surface area (Å²) in [7, 11) is 0. The molecule has 0 bridgehead atoms. The Morgan fingerprint density at radius 2 is 1.67 bits per heavy atom. The first-order chi connectivity index (χ1) is 21.9. The van der Waals surface area contributed by atoms with Crippen LogP contribution >= 0.6 is 0 Å². The SMILES string of the molecule is CCN1C(=O)[C@@H](CC(=O)c2cccc(C(F)(F)F)c2)[C@@H](c2ccc(F)cc2)c2c(CNC(=O)CC(C)C)nn(-c3ccccc3)c21. The lowest BCUT2D eigenvalue weighted by atomic mass is 9.74. The van der Waals surface area contributed by atoms with Crippen molar-refractivity contribution in [3.63, 3.8) is 0 Å². The van der Waals surface area contributed by atoms with E-state index in [1.807, 2.05) is 44.2 Å². The van der Waals surface area contributed by atoms with E-state index in [0.717, 1.165) is 18.2 Å². The standard InChI is InChI=1S/C35H34F4N4O3/c1-4-42-33-32(28(20-40-30(45)17-21(2)3)41-43(33)26-11-6-5-7-12-26)31(22-13-15-25(36)16-14-22)27(34(42)46)19-29(44)23-9-8-10-24(18-23)35(37,38)39/h5-16,18,21,27,31H,4,17,19-20H2,1-3H3,(H,40,45)/t27-,31+/m0/s1. The van der Waals surface area contributed by atoms with Gasteiger partial charge < -0.3 is 5.32 Å². The van der Waals surface area contributed by atoms with Crippen molar-refractivity contribution < 1.29 is 31.9 Å². The van der Waals surface area contributed by atoms with Crippen molar-refractivity contribution in [2.75, 3.05) is 11.4 Å². The van der Waals surface area contributed by atoms with Crippen LogP contribution in [0.15, 0.2) is 78.9 Å². The Labute approximate surface area is 264 Å². The summed E-state index contributed by atoms with van der Waals surface area (Å²) in [6.45, 7) is 5.84. The van der Waals surface area contributed by atoms with Gasteiger partial charge in [0.2, 0.25) is 11.8 Å². The summed E-state index contributed by atoms with van der Waals surface area (Å²) in [5.74, 6) is -3.07. The van der Waals surface area contributed by atoms with Gasteiger partial charge in [-0.3, -0.25) is 19.3 Å². The minimum atomic E-state index is -4.65. The normalized spacial score (nSPS) is 16.4. The fourth-order valence-electron chi connectivity index (χ4n) is 5.96. The van der Waals surface area contributed by atoms with Gasteiger partial charge in [0.05, 0.1) is 29.4 Å². The first kappa shape index (κ1) is 32.6. The number of hydrogen-bond acceptors (Lipinski definition) is 4. The van der Waals surface area contributed by atoms with Gasteiger partial charge in [0.15, 0.2) is 5.78 Å². The number of halogens is 4. The van der Waals surface area contributed by atoms with E-state index >= 15 is 0 Å². The second-order valence-corrected chi connectivity index (χ2v) is 11.7. The Morgan fingerprint density at radius 3 is 2.30 bits per heavy atom. The molecule has 2 atom stereocenters. The zero-order chi connectivity index (χ0) is 33.2. The maximum atomic E-state index is 14.4. The zero-order valence-corrected chi connectivity index (χ0v) is 25.6. The molecule has 46 heavy (non-hydrogen) atoms. The molecule has 3 aromatic carbocycles. The van der Waals surface area contributed by atoms with Crippen LogP contribution in [0.2, 0.25) is 0 Å². The Morgan fingerprint density at radius 1 is 0.978 bits per heavy atom. The van der Waals surface area contributed by atoms with E-state index in [1.165, 1.54) is 35.2 Å². The number of fused-ring (bicyclic) bond motifs is 1. The van der Waals surface area contributed by atoms with Crippen molar-refractivity contribution in [2.45, 2.75) is 52.3 Å². The van der Waals surface area contributed by atoms with Crippen molar-refractivity contribution >= 4 is 23.4 Å². The lowest BCUT2D eigenvalue weighted by molar-refractivity contribution is -0.137. The number of nitrogens with one attached hydrogen (secondary N) is 1. The zero-order valence-electron chi connectivity index (χ0n) is 25.6. The highest BCUT2D eigenvalue weighted by Gasteiger charge is 2.46. The van der Waals surface area contributed by atoms with Gasteiger partial charge in [-0.15, -0.1) is 0 Å². The number of amides is 2. The molecule has 2 heterocycles. The largest absolute Gasteiger partial charge is 0.416 e. The maximum absolute atomic E-state index is 14.4. The molecule has 5 rings (SSSR count). The predicted molar refractivity (Wildman–Crippen MR) is 165 cm³/mol. The van der Waals surface area contributed by atoms with Crippen molar-refractivity contribution in [3.05, 3.63) is 113 Å². The van der Waals surface area contributed by atoms with Crippen LogP contribution < -0.4 is 10.2 Å². The monoisotopic (exact) mass is 634 g/mol. The van der Waals surface area contributed by atoms with Crippen LogP contribution in [0.25, 0.3) is 5.69 Å². The lowest BCUT2D eigenvalue weighted by Crippen LogP contribution is -2.45. The first-order valence-electron chi connectivity index (χ1n) is 15.1. The number of alkyl halides is 3. The van der Waals surface area contributed by atoms with Gasteiger partial charge >= 0.3 is 6.18 Å². The summed E-state index contributed by atoms with van der Waals surface area (Å²) in [5.41, 5.74) is 1.06. The highest BCUT2D eigenvalue weighted by molar-refractivity contribution is 6.04. The average molecular weight is 635 g/mol. The van der Waals surface area contributed by atoms with Crippen LogP contribution in [-0.4, -0.2) is 33.9 Å². The second kappa shape index (κ2) is 13.3. The Bertz CT molecular complexity index is 1730. The number of ketones is 1. The molecule has 4 aromatic rings. The molecule has 11 heteroatoms. The lowest BCUT2D eigenvalue weighted by Gasteiger charge is -2.38. The number of nitrogens with zero attached hydrogens (tertiary/aromatic N) is 3. The van der Waals surface area contributed by atoms with Crippen LogP contribution in [0.3, 0.4) is 0 Å². The molecule has 0 aliphatic carbocycles. The Kier molecular flexibility index (Phi) is 9.41. The third-order valence-electron chi connectivity index (χ3n) is 8.04. The van der Waals surface area contributed by atoms with Crippen LogP contribution in [-0.2, 0) is 22.3 Å². The van der Waals surface area contributed by atoms with Crippen LogP contribution in [0, 0.1) is 17.7 Å². The van der Waals surface area contributed by atoms with Gasteiger partial charge in [-0.25, -0.2) is 9.07 Å². The van der Waals surface area contributed by atoms with Gasteiger partial charge in [-0.2, -0.15) is 18.3 Å². The van der Waals surface area contributed by atoms with Crippen LogP contribution in [0.1, 0.15) is 72.3 Å². The molecular weight excluding hydrogens is 600 g/mol. The third kappa shape index (κ3) is 6.73. The smallest absolute Gasteiger partial charge is 0.350 e. The molecule has 7 nitrogen and oxygen atoms in total. The summed E-state index contributed by atoms with van der Waals surface area (Å²) < 4.78 is 56.2. The second-order valence-electron chi connectivity index (χ2n) is 11.7. The van der Waals surface area contributed by atoms with Crippen molar-refractivity contribution in [1.82, 2.24) is 15.1 Å². The van der Waals surface area contributed by atoms with E-state index in [4.69, 9.17) is 5.10 Å². The van der Waals surface area contributed by atoms with Crippen molar-refractivity contribution in [1.29, 1.82) is 0 Å². The van der Waals surface area contributed by atoms with Crippen LogP contribution in [0.5, 0.6) is 0 Å². The van der Waals surface area contributed by atoms with E-state index in [2.05, 4.69) is 5.32 Å². The molecule has 240 valence electrons. The summed E-state index contributed by atoms with van der Waals surface area (Å²) in [6, 6.07) is 18.8. The molecule has 1 N–H and O–H groups in total. The number of carbonyl (C=O) groups is 3. The van der Waals surface area contributed by atoms with E-state index in [1.54, 1.807) is 11.6 Å². The number of hydrogen-bond donors (Lipinski definition) is 1. The molecular formula is C35H34F4N4O3. The molecule has 0 radical (unpaired) electrons. The first-order valence-corrected chi connectivity index (χ1v) is 15.1. The molecule has 0 saturated carbocycles. The number of aromatic nitrogens is 2. The summed E-state index contributed by atoms with van der Waals surface area (Å²) in [5, 5.41) is 7.79. The number of benzene rings is 3. The highest BCUT2D eigenvalue weighted by Crippen LogP contribution is 2.47. The van der Waals surface area contributed by atoms with Gasteiger partial charge in [0.1, 0.15) is 11.6 Å². The van der Waals surface area contributed by atoms with Crippen LogP contribution in [0.4, 0.5) is 23.4 Å². The Hall–Kier alpha value is -4.80. The topological polar surface area (TPSA) is 84.3 Å².